The molecule has 0 radical (unpaired) electrons. The van der Waals surface area contributed by atoms with Crippen LogP contribution in [-0.2, 0) is 4.79 Å². The minimum atomic E-state index is -0.485. The van der Waals surface area contributed by atoms with Crippen molar-refractivity contribution in [1.29, 1.82) is 0 Å². The fourth-order valence-electron chi connectivity index (χ4n) is 1.57. The van der Waals surface area contributed by atoms with E-state index < -0.39 is 5.97 Å². The van der Waals surface area contributed by atoms with Gasteiger partial charge in [0.25, 0.3) is 0 Å². The topological polar surface area (TPSA) is 35.5 Å². The molecular weight excluding hydrogens is 423 g/mol. The average Bonchev–Trinajstić information content (AvgIpc) is 2.41. The molecule has 110 valence electrons. The summed E-state index contributed by atoms with van der Waals surface area (Å²) in [5.74, 6) is 0.505. The fourth-order valence-corrected chi connectivity index (χ4v) is 2.94. The second kappa shape index (κ2) is 7.29. The summed E-state index contributed by atoms with van der Waals surface area (Å²) < 4.78 is 12.0. The Morgan fingerprint density at radius 3 is 2.43 bits per heavy atom. The lowest BCUT2D eigenvalue weighted by molar-refractivity contribution is -0.136. The summed E-state index contributed by atoms with van der Waals surface area (Å²) in [6.45, 7) is 1.76. The van der Waals surface area contributed by atoms with E-state index in [2.05, 4.69) is 31.9 Å². The van der Waals surface area contributed by atoms with E-state index in [-0.39, 0.29) is 6.61 Å². The molecule has 0 aliphatic rings. The van der Waals surface area contributed by atoms with Crippen LogP contribution in [0.25, 0.3) is 0 Å². The molecule has 0 aromatic heterocycles. The van der Waals surface area contributed by atoms with Gasteiger partial charge in [-0.15, -0.1) is 0 Å². The molecule has 0 heterocycles. The van der Waals surface area contributed by atoms with Gasteiger partial charge in [-0.1, -0.05) is 17.7 Å². The number of hydrogen-bond donors (Lipinski definition) is 0. The highest BCUT2D eigenvalue weighted by atomic mass is 79.9. The van der Waals surface area contributed by atoms with Crippen LogP contribution in [0.4, 0.5) is 0 Å². The highest BCUT2D eigenvalue weighted by Gasteiger charge is 2.10. The largest absolute Gasteiger partial charge is 0.481 e. The van der Waals surface area contributed by atoms with Crippen LogP contribution in [0, 0.1) is 6.92 Å². The third-order valence-electron chi connectivity index (χ3n) is 2.55. The van der Waals surface area contributed by atoms with Crippen LogP contribution in [0.5, 0.6) is 11.5 Å². The molecule has 0 N–H and O–H groups in total. The summed E-state index contributed by atoms with van der Waals surface area (Å²) in [6, 6.07) is 10.5. The first kappa shape index (κ1) is 16.3. The molecular formula is C15H11Br2ClO3. The fraction of sp³-hybridized carbons (Fsp3) is 0.133. The lowest BCUT2D eigenvalue weighted by atomic mass is 10.2. The van der Waals surface area contributed by atoms with Crippen molar-refractivity contribution in [1.82, 2.24) is 0 Å². The molecule has 6 heteroatoms. The number of benzene rings is 2. The number of halogens is 3. The molecule has 0 saturated carbocycles. The quantitative estimate of drug-likeness (QED) is 0.493. The molecule has 3 nitrogen and oxygen atoms in total. The van der Waals surface area contributed by atoms with E-state index in [1.165, 1.54) is 0 Å². The van der Waals surface area contributed by atoms with Crippen molar-refractivity contribution in [2.24, 2.45) is 0 Å². The Hall–Kier alpha value is -1.04. The number of carbonyl (C=O) groups excluding carboxylic acids is 1. The van der Waals surface area contributed by atoms with Crippen LogP contribution in [0.2, 0.25) is 5.02 Å². The van der Waals surface area contributed by atoms with Crippen molar-refractivity contribution in [2.45, 2.75) is 6.92 Å². The first-order valence-corrected chi connectivity index (χ1v) is 7.97. The highest BCUT2D eigenvalue weighted by molar-refractivity contribution is 9.10. The van der Waals surface area contributed by atoms with E-state index in [9.17, 15) is 4.79 Å². The van der Waals surface area contributed by atoms with Crippen molar-refractivity contribution < 1.29 is 14.3 Å². The minimum Gasteiger partial charge on any atom is -0.481 e. The molecule has 0 atom stereocenters. The van der Waals surface area contributed by atoms with Gasteiger partial charge in [0.1, 0.15) is 11.5 Å². The zero-order chi connectivity index (χ0) is 15.4. The average molecular weight is 435 g/mol. The molecule has 0 unspecified atom stereocenters. The molecule has 21 heavy (non-hydrogen) atoms. The first-order chi connectivity index (χ1) is 9.95. The number of ether oxygens (including phenoxy) is 2. The lowest BCUT2D eigenvalue weighted by Gasteiger charge is -2.09. The predicted octanol–water partition coefficient (Wildman–Crippen LogP) is 5.16. The summed E-state index contributed by atoms with van der Waals surface area (Å²) >= 11 is 12.5. The first-order valence-electron chi connectivity index (χ1n) is 6.00. The van der Waals surface area contributed by atoms with Gasteiger partial charge in [-0.25, -0.2) is 4.79 Å². The Morgan fingerprint density at radius 1 is 1.10 bits per heavy atom. The van der Waals surface area contributed by atoms with Gasteiger partial charge in [-0.2, -0.15) is 0 Å². The van der Waals surface area contributed by atoms with Crippen LogP contribution in [0.1, 0.15) is 5.56 Å². The number of hydrogen-bond acceptors (Lipinski definition) is 3. The van der Waals surface area contributed by atoms with E-state index >= 15 is 0 Å². The number of rotatable bonds is 4. The normalized spacial score (nSPS) is 10.3. The number of aryl methyl sites for hydroxylation is 1. The third kappa shape index (κ3) is 4.73. The van der Waals surface area contributed by atoms with Crippen LogP contribution >= 0.6 is 43.5 Å². The molecule has 0 amide bonds. The molecule has 0 saturated heterocycles. The molecule has 0 aliphatic carbocycles. The highest BCUT2D eigenvalue weighted by Crippen LogP contribution is 2.28. The van der Waals surface area contributed by atoms with E-state index in [4.69, 9.17) is 21.1 Å². The standard InChI is InChI=1S/C15H11Br2ClO3/c1-9-2-4-14(11(16)6-9)21-15(19)8-20-13-5-3-10(18)7-12(13)17/h2-7H,8H2,1H3. The van der Waals surface area contributed by atoms with Gasteiger partial charge in [-0.05, 0) is 74.7 Å². The summed E-state index contributed by atoms with van der Waals surface area (Å²) in [5, 5.41) is 0.584. The summed E-state index contributed by atoms with van der Waals surface area (Å²) in [6.07, 6.45) is 0. The van der Waals surface area contributed by atoms with Gasteiger partial charge >= 0.3 is 5.97 Å². The van der Waals surface area contributed by atoms with Gasteiger partial charge in [0.15, 0.2) is 6.61 Å². The van der Waals surface area contributed by atoms with Crippen LogP contribution in [-0.4, -0.2) is 12.6 Å². The smallest absolute Gasteiger partial charge is 0.349 e. The molecule has 2 rings (SSSR count). The van der Waals surface area contributed by atoms with E-state index in [0.29, 0.717) is 21.0 Å². The van der Waals surface area contributed by atoms with Gasteiger partial charge in [0, 0.05) is 5.02 Å². The van der Waals surface area contributed by atoms with Crippen molar-refractivity contribution in [2.75, 3.05) is 6.61 Å². The second-order valence-corrected chi connectivity index (χ2v) is 6.42. The predicted molar refractivity (Wildman–Crippen MR) is 89.2 cm³/mol. The lowest BCUT2D eigenvalue weighted by Crippen LogP contribution is -2.18. The summed E-state index contributed by atoms with van der Waals surface area (Å²) in [7, 11) is 0. The summed E-state index contributed by atoms with van der Waals surface area (Å²) in [4.78, 5) is 11.8. The van der Waals surface area contributed by atoms with Crippen LogP contribution < -0.4 is 9.47 Å². The zero-order valence-corrected chi connectivity index (χ0v) is 15.0. The van der Waals surface area contributed by atoms with Gasteiger partial charge in [0.05, 0.1) is 8.95 Å². The van der Waals surface area contributed by atoms with Crippen LogP contribution in [0.15, 0.2) is 45.3 Å². The van der Waals surface area contributed by atoms with Crippen molar-refractivity contribution in [3.8, 4) is 11.5 Å². The van der Waals surface area contributed by atoms with Crippen molar-refractivity contribution in [3.63, 3.8) is 0 Å². The summed E-state index contributed by atoms with van der Waals surface area (Å²) in [5.41, 5.74) is 1.07. The molecule has 0 fully saturated rings. The molecule has 0 bridgehead atoms. The Kier molecular flexibility index (Phi) is 5.67. The Labute approximate surface area is 144 Å². The van der Waals surface area contributed by atoms with E-state index in [1.807, 2.05) is 19.1 Å². The SMILES string of the molecule is Cc1ccc(OC(=O)COc2ccc(Cl)cc2Br)c(Br)c1. The van der Waals surface area contributed by atoms with E-state index in [1.54, 1.807) is 24.3 Å². The monoisotopic (exact) mass is 432 g/mol. The Balaban J connectivity index is 1.96. The van der Waals surface area contributed by atoms with E-state index in [0.717, 1.165) is 10.0 Å². The maximum atomic E-state index is 11.8. The minimum absolute atomic E-state index is 0.194. The van der Waals surface area contributed by atoms with Gasteiger partial charge < -0.3 is 9.47 Å². The zero-order valence-electron chi connectivity index (χ0n) is 11.0. The van der Waals surface area contributed by atoms with Gasteiger partial charge in [-0.3, -0.25) is 0 Å². The maximum absolute atomic E-state index is 11.8. The second-order valence-electron chi connectivity index (χ2n) is 4.27. The van der Waals surface area contributed by atoms with Crippen molar-refractivity contribution in [3.05, 3.63) is 55.9 Å². The van der Waals surface area contributed by atoms with Crippen LogP contribution in [0.3, 0.4) is 0 Å². The maximum Gasteiger partial charge on any atom is 0.349 e. The Morgan fingerprint density at radius 2 is 1.76 bits per heavy atom. The number of esters is 1. The molecule has 2 aromatic carbocycles. The molecule has 0 spiro atoms. The molecule has 0 aliphatic heterocycles. The molecule has 2 aromatic rings. The van der Waals surface area contributed by atoms with Gasteiger partial charge in [0.2, 0.25) is 0 Å². The third-order valence-corrected chi connectivity index (χ3v) is 4.03. The number of carbonyl (C=O) groups is 1. The Bertz CT molecular complexity index is 674. The van der Waals surface area contributed by atoms with Crippen molar-refractivity contribution >= 4 is 49.4 Å².